The van der Waals surface area contributed by atoms with Crippen molar-refractivity contribution in [3.8, 4) is 22.4 Å². The Hall–Kier alpha value is -5.64. The summed E-state index contributed by atoms with van der Waals surface area (Å²) >= 11 is 0. The van der Waals surface area contributed by atoms with Crippen LogP contribution in [0.4, 0.5) is 18.9 Å². The highest BCUT2D eigenvalue weighted by atomic mass is 19.4. The van der Waals surface area contributed by atoms with E-state index in [-0.39, 0.29) is 49.1 Å². The molecule has 0 radical (unpaired) electrons. The standard InChI is InChI=1S/C64H83F3N10O7/c1-39(82-5)53-48(31-46(33-68-53)73-24-22-72(23-25-73)45-18-19-45)56-49-32-62(2,3)38-83-61(81)50-14-9-21-77(70-50)59(79)51(29-40-10-8-13-43(28-40)44-17-20-52(47(49)30-44)76(56)37-64(65,66)67)69-58(78)55(41-11-6-7-12-41)74-26-27-84-63(34-74)35-75(36-63)60(80)57-54(71(57)4)42-15-16-42/h8,10,13,17,20,28,30-31,33,39,41-42,45,50-51,54-55,57,70H,6-7,9,11-12,14-16,18-19,21-27,29,32,34-38H2,1-5H3,(H,69,78)/t39-,50-,51-,54+,55-,57+,71?/m0/s1. The number of benzene rings is 2. The summed E-state index contributed by atoms with van der Waals surface area (Å²) in [5.41, 5.74) is 7.52. The quantitative estimate of drug-likeness (QED) is 0.109. The minimum absolute atomic E-state index is 0.0563. The number of ether oxygens (including phenoxy) is 3. The first-order chi connectivity index (χ1) is 40.3. The largest absolute Gasteiger partial charge is 0.464 e. The van der Waals surface area contributed by atoms with Gasteiger partial charge in [-0.15, -0.1) is 0 Å². The zero-order chi connectivity index (χ0) is 58.4. The van der Waals surface area contributed by atoms with Crippen LogP contribution in [-0.2, 0) is 52.8 Å². The molecule has 3 aliphatic carbocycles. The van der Waals surface area contributed by atoms with Gasteiger partial charge in [-0.3, -0.25) is 43.9 Å². The van der Waals surface area contributed by atoms with Gasteiger partial charge >= 0.3 is 12.1 Å². The number of rotatable bonds is 12. The number of nitrogens with zero attached hydrogens (tertiary/aromatic N) is 8. The number of anilines is 1. The van der Waals surface area contributed by atoms with E-state index in [1.165, 1.54) is 35.3 Å². The van der Waals surface area contributed by atoms with Crippen LogP contribution in [0.1, 0.15) is 108 Å². The Morgan fingerprint density at radius 2 is 1.67 bits per heavy atom. The zero-order valence-corrected chi connectivity index (χ0v) is 49.4. The maximum absolute atomic E-state index is 15.3. The summed E-state index contributed by atoms with van der Waals surface area (Å²) in [5.74, 6) is -0.310. The molecular weight excluding hydrogens is 1080 g/mol. The lowest BCUT2D eigenvalue weighted by molar-refractivity contribution is -0.198. The van der Waals surface area contributed by atoms with Gasteiger partial charge in [0.2, 0.25) is 11.8 Å². The van der Waals surface area contributed by atoms with Crippen LogP contribution in [0.25, 0.3) is 33.3 Å². The maximum atomic E-state index is 15.3. The number of hydrazine groups is 1. The van der Waals surface area contributed by atoms with Gasteiger partial charge in [0.05, 0.1) is 61.7 Å². The first kappa shape index (κ1) is 57.4. The van der Waals surface area contributed by atoms with Crippen molar-refractivity contribution in [2.24, 2.45) is 17.3 Å². The molecule has 3 amide bonds. The number of alkyl halides is 3. The SMILES string of the molecule is CO[C@@H](C)c1ncc(N2CCN(C3CC3)CC2)cc1-c1c2c3cc(ccc3n1CC(F)(F)F)-c1cccc(c1)C[C@H](NC(=O)[C@H](C1CCCC1)N1CCOC3(CN(C(=O)[C@H]4[C@@H](C5CC5)N4C)C3)C1)C(=O)N1CCC[C@H](N1)C(=O)OCC(C)(C)C2. The molecule has 6 bridgehead atoms. The minimum atomic E-state index is -4.60. The smallest absolute Gasteiger partial charge is 0.406 e. The number of nitrogens with one attached hydrogen (secondary N) is 2. The number of fused-ring (bicyclic) bond motifs is 6. The summed E-state index contributed by atoms with van der Waals surface area (Å²) in [7, 11) is 3.62. The number of pyridine rings is 1. The molecule has 8 heterocycles. The van der Waals surface area contributed by atoms with Crippen molar-refractivity contribution in [3.63, 3.8) is 0 Å². The van der Waals surface area contributed by atoms with E-state index in [1.807, 2.05) is 81.4 Å². The van der Waals surface area contributed by atoms with E-state index in [9.17, 15) is 9.59 Å². The van der Waals surface area contributed by atoms with Gasteiger partial charge in [0.25, 0.3) is 5.91 Å². The highest BCUT2D eigenvalue weighted by Crippen LogP contribution is 2.48. The number of hydrogen-bond acceptors (Lipinski definition) is 13. The van der Waals surface area contributed by atoms with Gasteiger partial charge < -0.3 is 33.9 Å². The van der Waals surface area contributed by atoms with Crippen LogP contribution in [0, 0.1) is 17.3 Å². The first-order valence-electron chi connectivity index (χ1n) is 31.1. The third kappa shape index (κ3) is 11.6. The first-order valence-corrected chi connectivity index (χ1v) is 31.1. The fourth-order valence-corrected chi connectivity index (χ4v) is 15.2. The second-order valence-corrected chi connectivity index (χ2v) is 26.9. The molecule has 8 fully saturated rings. The summed E-state index contributed by atoms with van der Waals surface area (Å²) < 4.78 is 65.8. The van der Waals surface area contributed by atoms with Crippen molar-refractivity contribution in [2.75, 3.05) is 91.2 Å². The molecule has 7 atom stereocenters. The second-order valence-electron chi connectivity index (χ2n) is 26.9. The molecule has 2 aromatic carbocycles. The zero-order valence-electron chi connectivity index (χ0n) is 49.4. The predicted octanol–water partition coefficient (Wildman–Crippen LogP) is 7.14. The number of piperazine rings is 1. The Labute approximate surface area is 490 Å². The molecule has 3 saturated carbocycles. The number of aromatic nitrogens is 2. The number of cyclic esters (lactones) is 1. The predicted molar refractivity (Wildman–Crippen MR) is 311 cm³/mol. The van der Waals surface area contributed by atoms with Crippen molar-refractivity contribution >= 4 is 40.3 Å². The Morgan fingerprint density at radius 3 is 2.39 bits per heavy atom. The van der Waals surface area contributed by atoms with Crippen LogP contribution in [-0.4, -0.2) is 192 Å². The summed E-state index contributed by atoms with van der Waals surface area (Å²) in [6.45, 7) is 10.5. The third-order valence-corrected chi connectivity index (χ3v) is 20.0. The number of likely N-dealkylation sites (tertiary alicyclic amines) is 1. The molecular formula is C64H83F3N10O7. The highest BCUT2D eigenvalue weighted by Gasteiger charge is 2.61. The number of morpholine rings is 1. The lowest BCUT2D eigenvalue weighted by atomic mass is 9.84. The van der Waals surface area contributed by atoms with Crippen molar-refractivity contribution < 1.29 is 46.6 Å². The molecule has 13 rings (SSSR count). The second kappa shape index (κ2) is 22.6. The van der Waals surface area contributed by atoms with E-state index in [1.54, 1.807) is 13.2 Å². The number of amides is 3. The number of hydrogen-bond donors (Lipinski definition) is 2. The molecule has 20 heteroatoms. The van der Waals surface area contributed by atoms with Crippen LogP contribution in [0.2, 0.25) is 0 Å². The van der Waals surface area contributed by atoms with Gasteiger partial charge in [0.1, 0.15) is 30.3 Å². The Bertz CT molecular complexity index is 3160. The molecule has 9 aliphatic rings. The molecule has 5 saturated heterocycles. The van der Waals surface area contributed by atoms with Gasteiger partial charge in [-0.25, -0.2) is 5.43 Å². The van der Waals surface area contributed by atoms with E-state index in [4.69, 9.17) is 19.2 Å². The Kier molecular flexibility index (Phi) is 15.4. The molecule has 2 N–H and O–H groups in total. The van der Waals surface area contributed by atoms with E-state index in [2.05, 4.69) is 30.3 Å². The Balaban J connectivity index is 0.850. The lowest BCUT2D eigenvalue weighted by Gasteiger charge is -2.55. The van der Waals surface area contributed by atoms with Crippen molar-refractivity contribution in [1.82, 2.24) is 44.9 Å². The van der Waals surface area contributed by atoms with Crippen molar-refractivity contribution in [3.05, 3.63) is 71.5 Å². The van der Waals surface area contributed by atoms with Gasteiger partial charge in [-0.1, -0.05) is 57.0 Å². The number of carbonyl (C=O) groups is 4. The maximum Gasteiger partial charge on any atom is 0.406 e. The van der Waals surface area contributed by atoms with Crippen LogP contribution >= 0.6 is 0 Å². The van der Waals surface area contributed by atoms with Gasteiger partial charge in [0.15, 0.2) is 0 Å². The fraction of sp³-hybridized carbons (Fsp3) is 0.641. The minimum Gasteiger partial charge on any atom is -0.464 e. The Morgan fingerprint density at radius 1 is 0.905 bits per heavy atom. The fourth-order valence-electron chi connectivity index (χ4n) is 15.2. The van der Waals surface area contributed by atoms with Crippen LogP contribution in [0.5, 0.6) is 0 Å². The number of likely N-dealkylation sites (N-methyl/N-ethyl adjacent to an activating group) is 1. The third-order valence-electron chi connectivity index (χ3n) is 20.0. The highest BCUT2D eigenvalue weighted by molar-refractivity contribution is 5.96. The molecule has 17 nitrogen and oxygen atoms in total. The molecule has 84 heavy (non-hydrogen) atoms. The molecule has 4 aromatic rings. The van der Waals surface area contributed by atoms with Crippen LogP contribution < -0.4 is 15.6 Å². The molecule has 2 aromatic heterocycles. The normalized spacial score (nSPS) is 27.8. The summed E-state index contributed by atoms with van der Waals surface area (Å²) in [6.07, 6.45) is 6.48. The van der Waals surface area contributed by atoms with Crippen LogP contribution in [0.15, 0.2) is 54.7 Å². The lowest BCUT2D eigenvalue weighted by Crippen LogP contribution is -2.73. The molecule has 6 aliphatic heterocycles. The number of halogens is 3. The number of carbonyl (C=O) groups excluding carboxylic acids is 4. The van der Waals surface area contributed by atoms with Gasteiger partial charge in [0, 0.05) is 93.3 Å². The monoisotopic (exact) mass is 1160 g/mol. The molecule has 1 unspecified atom stereocenters. The average molecular weight is 1160 g/mol. The number of esters is 1. The van der Waals surface area contributed by atoms with Crippen molar-refractivity contribution in [2.45, 2.75) is 158 Å². The molecule has 452 valence electrons. The van der Waals surface area contributed by atoms with Gasteiger partial charge in [-0.05, 0) is 124 Å². The summed E-state index contributed by atoms with van der Waals surface area (Å²) in [6, 6.07) is 13.9. The van der Waals surface area contributed by atoms with E-state index >= 15 is 22.8 Å². The van der Waals surface area contributed by atoms with E-state index < -0.39 is 53.9 Å². The molecule has 1 spiro atoms. The summed E-state index contributed by atoms with van der Waals surface area (Å²) in [4.78, 5) is 74.7. The van der Waals surface area contributed by atoms with Crippen LogP contribution in [0.3, 0.4) is 0 Å². The van der Waals surface area contributed by atoms with Crippen molar-refractivity contribution in [1.29, 1.82) is 0 Å². The topological polar surface area (TPSA) is 157 Å². The van der Waals surface area contributed by atoms with Gasteiger partial charge in [-0.2, -0.15) is 13.2 Å². The number of methoxy groups -OCH3 is 1. The average Bonchev–Trinajstić information content (AvgIpc) is 1.73. The summed E-state index contributed by atoms with van der Waals surface area (Å²) in [5, 5.41) is 5.40. The van der Waals surface area contributed by atoms with E-state index in [0.717, 1.165) is 74.2 Å². The van der Waals surface area contributed by atoms with E-state index in [0.29, 0.717) is 104 Å².